The molecule has 4 atom stereocenters. The first kappa shape index (κ1) is 27.2. The fourth-order valence-corrected chi connectivity index (χ4v) is 4.21. The van der Waals surface area contributed by atoms with Crippen molar-refractivity contribution >= 4 is 29.5 Å². The van der Waals surface area contributed by atoms with Crippen molar-refractivity contribution in [3.63, 3.8) is 0 Å². The van der Waals surface area contributed by atoms with Gasteiger partial charge in [-0.05, 0) is 36.7 Å². The predicted molar refractivity (Wildman–Crippen MR) is 125 cm³/mol. The number of hydrogen-bond donors (Lipinski definition) is 1. The molecule has 7 nitrogen and oxygen atoms in total. The largest absolute Gasteiger partial charge is 1.00 e. The Balaban J connectivity index is 0.000000241. The van der Waals surface area contributed by atoms with Gasteiger partial charge in [0.05, 0.1) is 29.6 Å². The number of rotatable bonds is 6. The molecule has 0 aliphatic carbocycles. The van der Waals surface area contributed by atoms with Gasteiger partial charge in [-0.15, -0.1) is 0 Å². The molecule has 2 saturated heterocycles. The van der Waals surface area contributed by atoms with Gasteiger partial charge in [0.25, 0.3) is 5.91 Å². The first-order chi connectivity index (χ1) is 15.3. The van der Waals surface area contributed by atoms with Crippen LogP contribution in [0.15, 0.2) is 42.6 Å². The second-order valence-electron chi connectivity index (χ2n) is 7.97. The van der Waals surface area contributed by atoms with Crippen LogP contribution in [0.4, 0.5) is 5.69 Å². The van der Waals surface area contributed by atoms with Crippen molar-refractivity contribution < 1.29 is 33.2 Å². The average molecular weight is 463 g/mol. The van der Waals surface area contributed by atoms with Crippen molar-refractivity contribution in [2.24, 2.45) is 0 Å². The van der Waals surface area contributed by atoms with Gasteiger partial charge in [-0.3, -0.25) is 9.78 Å². The summed E-state index contributed by atoms with van der Waals surface area (Å²) in [6, 6.07) is 7.81. The molecule has 1 aromatic heterocycles. The van der Waals surface area contributed by atoms with Gasteiger partial charge in [-0.2, -0.15) is 6.08 Å². The molecule has 4 rings (SSSR count). The smallest absolute Gasteiger partial charge is 0.419 e. The van der Waals surface area contributed by atoms with Crippen molar-refractivity contribution in [2.45, 2.75) is 44.5 Å². The Bertz CT molecular complexity index is 978. The minimum Gasteiger partial charge on any atom is -0.419 e. The maximum absolute atomic E-state index is 12.2. The minimum absolute atomic E-state index is 0. The molecule has 2 unspecified atom stereocenters. The van der Waals surface area contributed by atoms with E-state index < -0.39 is 0 Å². The number of carbonyl (C=O) groups excluding carboxylic acids is 2. The van der Waals surface area contributed by atoms with E-state index in [2.05, 4.69) is 36.0 Å². The minimum atomic E-state index is -0.286. The van der Waals surface area contributed by atoms with E-state index in [1.807, 2.05) is 13.0 Å². The summed E-state index contributed by atoms with van der Waals surface area (Å²) in [6.45, 7) is 13.5. The van der Waals surface area contributed by atoms with Gasteiger partial charge >= 0.3 is 18.9 Å². The average Bonchev–Trinajstić information content (AvgIpc) is 3.49. The molecule has 0 saturated carbocycles. The summed E-state index contributed by atoms with van der Waals surface area (Å²) in [6.07, 6.45) is 8.20. The van der Waals surface area contributed by atoms with Crippen LogP contribution in [0.2, 0.25) is 5.02 Å². The third kappa shape index (κ3) is 6.75. The number of halogens is 1. The van der Waals surface area contributed by atoms with Crippen LogP contribution in [0.25, 0.3) is 0 Å². The molecule has 1 aromatic carbocycles. The standard InChI is InChI=1S/C14H14ClN3O.C10H14NO2.Li/c1-9(2)18-10(3)16-8-13(18)14(19)17-12-7-5-4-6-11(12)15;1-8(3-2-4-12)11-6-10-5-9(11)7-13-10;/h4-9H,1,3H2,2H3,(H,17,19);2-3,8-10H,5-7H2,1H3;/q-2;-1;+1/b;3-2+;/t9-;8-,9?,10?;/m01./s1. The molecule has 33 heavy (non-hydrogen) atoms. The molecule has 2 aliphatic heterocycles. The maximum Gasteiger partial charge on any atom is 1.00 e. The Morgan fingerprint density at radius 2 is 2.12 bits per heavy atom. The molecule has 2 bridgehead atoms. The third-order valence-electron chi connectivity index (χ3n) is 5.58. The number of hydrogen-bond acceptors (Lipinski definition) is 5. The number of anilines is 1. The number of nitrogens with one attached hydrogen (secondary N) is 1. The van der Waals surface area contributed by atoms with Crippen LogP contribution in [0.1, 0.15) is 42.6 Å². The Labute approximate surface area is 212 Å². The fraction of sp³-hybridized carbons (Fsp3) is 0.375. The number of ether oxygens (including phenoxy) is 1. The Kier molecular flexibility index (Phi) is 10.3. The number of amides is 1. The van der Waals surface area contributed by atoms with Gasteiger partial charge in [0.2, 0.25) is 0 Å². The quantitative estimate of drug-likeness (QED) is 0.392. The fourth-order valence-electron chi connectivity index (χ4n) is 4.03. The number of fused-ring (bicyclic) bond motifs is 2. The van der Waals surface area contributed by atoms with Gasteiger partial charge in [-0.1, -0.05) is 43.6 Å². The van der Waals surface area contributed by atoms with E-state index in [9.17, 15) is 9.59 Å². The van der Waals surface area contributed by atoms with E-state index in [0.717, 1.165) is 19.6 Å². The van der Waals surface area contributed by atoms with Crippen LogP contribution in [-0.4, -0.2) is 58.0 Å². The molecule has 0 radical (unpaired) electrons. The molecular weight excluding hydrogens is 435 g/mol. The topological polar surface area (TPSA) is 76.5 Å². The van der Waals surface area contributed by atoms with Gasteiger partial charge in [0.15, 0.2) is 0 Å². The van der Waals surface area contributed by atoms with Crippen LogP contribution in [0.3, 0.4) is 0 Å². The number of likely N-dealkylation sites (tertiary alicyclic amines) is 1. The SMILES string of the molecule is C[C@H](/C=C/[C-]=O)N1CC2CC1CO2.[CH2-]c1ncc(C(=O)Nc2ccccc2Cl)n1[C@@H]([CH2-])C.[Li+]. The molecule has 3 heterocycles. The van der Waals surface area contributed by atoms with Crippen molar-refractivity contribution in [1.82, 2.24) is 14.5 Å². The molecule has 9 heteroatoms. The third-order valence-corrected chi connectivity index (χ3v) is 5.91. The molecule has 0 spiro atoms. The molecule has 172 valence electrons. The molecule has 2 aromatic rings. The van der Waals surface area contributed by atoms with E-state index in [4.69, 9.17) is 16.3 Å². The molecule has 1 N–H and O–H groups in total. The van der Waals surface area contributed by atoms with E-state index >= 15 is 0 Å². The van der Waals surface area contributed by atoms with E-state index in [1.165, 1.54) is 12.3 Å². The zero-order valence-electron chi connectivity index (χ0n) is 19.3. The van der Waals surface area contributed by atoms with Gasteiger partial charge in [0.1, 0.15) is 5.69 Å². The molecule has 2 aliphatic rings. The summed E-state index contributed by atoms with van der Waals surface area (Å²) in [5.74, 6) is 0.220. The molecular formula is C24H28ClLiN4O3-2. The summed E-state index contributed by atoms with van der Waals surface area (Å²) >= 11 is 6.00. The van der Waals surface area contributed by atoms with Crippen LogP contribution < -0.4 is 24.2 Å². The number of para-hydroxylation sites is 1. The van der Waals surface area contributed by atoms with Gasteiger partial charge < -0.3 is 38.2 Å². The number of aromatic nitrogens is 2. The second kappa shape index (κ2) is 12.5. The zero-order chi connectivity index (χ0) is 23.3. The maximum atomic E-state index is 12.2. The first-order valence-corrected chi connectivity index (χ1v) is 10.9. The molecule has 2 fully saturated rings. The normalized spacial score (nSPS) is 21.1. The summed E-state index contributed by atoms with van der Waals surface area (Å²) < 4.78 is 7.17. The Hall–Kier alpha value is -2.01. The van der Waals surface area contributed by atoms with Crippen LogP contribution in [-0.2, 0) is 9.53 Å². The molecule has 1 amide bonds. The predicted octanol–water partition coefficient (Wildman–Crippen LogP) is 0.884. The number of benzene rings is 1. The number of morpholine rings is 1. The van der Waals surface area contributed by atoms with E-state index in [-0.39, 0.29) is 30.8 Å². The van der Waals surface area contributed by atoms with Crippen molar-refractivity contribution in [3.8, 4) is 0 Å². The number of allylic oxidation sites excluding steroid dienone is 1. The monoisotopic (exact) mass is 462 g/mol. The summed E-state index contributed by atoms with van der Waals surface area (Å²) in [7, 11) is 0. The number of carbonyl (C=O) groups is 1. The van der Waals surface area contributed by atoms with Crippen LogP contribution in [0.5, 0.6) is 0 Å². The summed E-state index contributed by atoms with van der Waals surface area (Å²) in [5, 5.41) is 3.23. The van der Waals surface area contributed by atoms with Crippen molar-refractivity contribution in [2.75, 3.05) is 18.5 Å². The summed E-state index contributed by atoms with van der Waals surface area (Å²) in [4.78, 5) is 28.7. The van der Waals surface area contributed by atoms with E-state index in [0.29, 0.717) is 40.4 Å². The Morgan fingerprint density at radius 1 is 1.39 bits per heavy atom. The van der Waals surface area contributed by atoms with E-state index in [1.54, 1.807) is 35.1 Å². The van der Waals surface area contributed by atoms with Gasteiger partial charge in [0, 0.05) is 12.6 Å². The second-order valence-corrected chi connectivity index (χ2v) is 8.38. The van der Waals surface area contributed by atoms with Crippen LogP contribution in [0, 0.1) is 13.8 Å². The van der Waals surface area contributed by atoms with Crippen LogP contribution >= 0.6 is 11.6 Å². The number of nitrogens with zero attached hydrogens (tertiary/aromatic N) is 3. The number of imidazole rings is 1. The zero-order valence-corrected chi connectivity index (χ0v) is 20.1. The first-order valence-electron chi connectivity index (χ1n) is 10.5. The Morgan fingerprint density at radius 3 is 2.70 bits per heavy atom. The van der Waals surface area contributed by atoms with Crippen molar-refractivity contribution in [1.29, 1.82) is 0 Å². The van der Waals surface area contributed by atoms with Gasteiger partial charge in [-0.25, -0.2) is 6.08 Å². The van der Waals surface area contributed by atoms with Crippen molar-refractivity contribution in [3.05, 3.63) is 73.0 Å². The summed E-state index contributed by atoms with van der Waals surface area (Å²) in [5.41, 5.74) is 0.969.